The van der Waals surface area contributed by atoms with E-state index in [0.29, 0.717) is 6.61 Å². The second kappa shape index (κ2) is 6.27. The van der Waals surface area contributed by atoms with Gasteiger partial charge in [0.15, 0.2) is 0 Å². The number of aryl methyl sites for hydroxylation is 1. The van der Waals surface area contributed by atoms with Gasteiger partial charge >= 0.3 is 7.05 Å². The molecular formula is C15H18BNO. The maximum atomic E-state index is 5.80. The third kappa shape index (κ3) is 3.14. The minimum absolute atomic E-state index is 0.0985. The number of anilines is 1. The second-order valence-electron chi connectivity index (χ2n) is 4.20. The molecule has 0 aliphatic heterocycles. The van der Waals surface area contributed by atoms with E-state index >= 15 is 0 Å². The molecule has 0 amide bonds. The molecule has 0 aromatic heterocycles. The first-order chi connectivity index (χ1) is 8.81. The lowest BCUT2D eigenvalue weighted by atomic mass is 9.71. The Morgan fingerprint density at radius 2 is 1.67 bits per heavy atom. The lowest BCUT2D eigenvalue weighted by Crippen LogP contribution is -2.43. The van der Waals surface area contributed by atoms with Crippen LogP contribution in [0.15, 0.2) is 54.6 Å². The Hall–Kier alpha value is -1.74. The van der Waals surface area contributed by atoms with E-state index < -0.39 is 0 Å². The summed E-state index contributed by atoms with van der Waals surface area (Å²) in [5, 5.41) is 3.41. The van der Waals surface area contributed by atoms with Gasteiger partial charge in [0, 0.05) is 12.3 Å². The van der Waals surface area contributed by atoms with Crippen LogP contribution in [0.4, 0.5) is 5.69 Å². The highest BCUT2D eigenvalue weighted by atomic mass is 16.4. The van der Waals surface area contributed by atoms with Crippen LogP contribution in [0.2, 0.25) is 0 Å². The summed E-state index contributed by atoms with van der Waals surface area (Å²) in [5.74, 6) is 0. The summed E-state index contributed by atoms with van der Waals surface area (Å²) in [6.07, 6.45) is 0. The summed E-state index contributed by atoms with van der Waals surface area (Å²) in [6, 6.07) is 18.4. The number of benzene rings is 2. The Bertz CT molecular complexity index is 487. The molecule has 0 spiro atoms. The predicted octanol–water partition coefficient (Wildman–Crippen LogP) is 2.84. The van der Waals surface area contributed by atoms with Crippen molar-refractivity contribution in [1.29, 1.82) is 0 Å². The molecule has 3 heteroatoms. The molecule has 2 aromatic rings. The highest BCUT2D eigenvalue weighted by Crippen LogP contribution is 2.07. The van der Waals surface area contributed by atoms with Crippen molar-refractivity contribution in [3.05, 3.63) is 60.2 Å². The number of nitrogens with one attached hydrogen (secondary N) is 1. The zero-order chi connectivity index (χ0) is 12.8. The maximum absolute atomic E-state index is 5.80. The van der Waals surface area contributed by atoms with Crippen LogP contribution in [0.3, 0.4) is 0 Å². The van der Waals surface area contributed by atoms with Crippen molar-refractivity contribution in [2.45, 2.75) is 13.8 Å². The van der Waals surface area contributed by atoms with E-state index in [0.717, 1.165) is 5.69 Å². The van der Waals surface area contributed by atoms with Crippen LogP contribution in [-0.4, -0.2) is 13.7 Å². The molecular weight excluding hydrogens is 221 g/mol. The number of hydrogen-bond donors (Lipinski definition) is 1. The van der Waals surface area contributed by atoms with Crippen molar-refractivity contribution in [3.8, 4) is 0 Å². The summed E-state index contributed by atoms with van der Waals surface area (Å²) in [4.78, 5) is 0. The van der Waals surface area contributed by atoms with Crippen LogP contribution in [0.1, 0.15) is 12.5 Å². The Morgan fingerprint density at radius 1 is 1.00 bits per heavy atom. The fraction of sp³-hybridized carbons (Fsp3) is 0.200. The van der Waals surface area contributed by atoms with Gasteiger partial charge in [0.25, 0.3) is 0 Å². The van der Waals surface area contributed by atoms with Crippen molar-refractivity contribution in [1.82, 2.24) is 0 Å². The highest BCUT2D eigenvalue weighted by Gasteiger charge is 2.20. The molecule has 0 heterocycles. The van der Waals surface area contributed by atoms with Gasteiger partial charge in [-0.1, -0.05) is 48.0 Å². The van der Waals surface area contributed by atoms with E-state index in [1.165, 1.54) is 11.0 Å². The van der Waals surface area contributed by atoms with Crippen LogP contribution >= 0.6 is 0 Å². The molecule has 0 aliphatic rings. The molecule has 0 radical (unpaired) electrons. The fourth-order valence-electron chi connectivity index (χ4n) is 1.94. The second-order valence-corrected chi connectivity index (χ2v) is 4.20. The molecule has 0 saturated carbocycles. The molecule has 1 N–H and O–H groups in total. The van der Waals surface area contributed by atoms with Gasteiger partial charge < -0.3 is 9.88 Å². The molecule has 18 heavy (non-hydrogen) atoms. The molecule has 2 aromatic carbocycles. The average Bonchev–Trinajstić information content (AvgIpc) is 2.40. The van der Waals surface area contributed by atoms with Crippen molar-refractivity contribution in [3.63, 3.8) is 0 Å². The van der Waals surface area contributed by atoms with E-state index in [-0.39, 0.29) is 7.05 Å². The van der Waals surface area contributed by atoms with E-state index in [1.54, 1.807) is 0 Å². The van der Waals surface area contributed by atoms with Crippen LogP contribution in [0.25, 0.3) is 0 Å². The van der Waals surface area contributed by atoms with Gasteiger partial charge in [0.1, 0.15) is 0 Å². The van der Waals surface area contributed by atoms with Gasteiger partial charge in [-0.2, -0.15) is 0 Å². The van der Waals surface area contributed by atoms with Crippen LogP contribution < -0.4 is 10.7 Å². The molecule has 0 atom stereocenters. The normalized spacial score (nSPS) is 10.1. The number of para-hydroxylation sites is 1. The van der Waals surface area contributed by atoms with Crippen molar-refractivity contribution < 1.29 is 4.65 Å². The summed E-state index contributed by atoms with van der Waals surface area (Å²) in [7, 11) is -0.0985. The molecule has 2 rings (SSSR count). The van der Waals surface area contributed by atoms with E-state index in [1.807, 2.05) is 49.4 Å². The fourth-order valence-corrected chi connectivity index (χ4v) is 1.94. The quantitative estimate of drug-likeness (QED) is 0.810. The summed E-state index contributed by atoms with van der Waals surface area (Å²) in [6.45, 7) is 4.80. The Labute approximate surface area is 109 Å². The first-order valence-electron chi connectivity index (χ1n) is 6.30. The van der Waals surface area contributed by atoms with Gasteiger partial charge in [-0.05, 0) is 31.4 Å². The number of hydrogen-bond acceptors (Lipinski definition) is 2. The van der Waals surface area contributed by atoms with E-state index in [4.69, 9.17) is 4.65 Å². The zero-order valence-electron chi connectivity index (χ0n) is 10.9. The maximum Gasteiger partial charge on any atom is 0.449 e. The monoisotopic (exact) mass is 239 g/mol. The zero-order valence-corrected chi connectivity index (χ0v) is 10.9. The van der Waals surface area contributed by atoms with Crippen LogP contribution in [0, 0.1) is 6.92 Å². The smallest absolute Gasteiger partial charge is 0.413 e. The molecule has 0 bridgehead atoms. The summed E-state index contributed by atoms with van der Waals surface area (Å²) in [5.41, 5.74) is 3.49. The van der Waals surface area contributed by atoms with Crippen molar-refractivity contribution >= 4 is 18.2 Å². The minimum Gasteiger partial charge on any atom is -0.413 e. The topological polar surface area (TPSA) is 21.3 Å². The first-order valence-corrected chi connectivity index (χ1v) is 6.30. The van der Waals surface area contributed by atoms with Gasteiger partial charge in [0.2, 0.25) is 0 Å². The first kappa shape index (κ1) is 12.7. The highest BCUT2D eigenvalue weighted by molar-refractivity contribution is 6.70. The predicted molar refractivity (Wildman–Crippen MR) is 78.3 cm³/mol. The van der Waals surface area contributed by atoms with Crippen LogP contribution in [0.5, 0.6) is 0 Å². The molecule has 2 nitrogen and oxygen atoms in total. The SMILES string of the molecule is CCOB(Nc1ccccc1)c1ccccc1C. The lowest BCUT2D eigenvalue weighted by molar-refractivity contribution is 0.354. The van der Waals surface area contributed by atoms with Crippen LogP contribution in [-0.2, 0) is 4.65 Å². The molecule has 0 unspecified atom stereocenters. The largest absolute Gasteiger partial charge is 0.449 e. The van der Waals surface area contributed by atoms with Gasteiger partial charge in [-0.3, -0.25) is 0 Å². The van der Waals surface area contributed by atoms with Gasteiger partial charge in [-0.15, -0.1) is 0 Å². The lowest BCUT2D eigenvalue weighted by Gasteiger charge is -2.17. The summed E-state index contributed by atoms with van der Waals surface area (Å²) < 4.78 is 5.80. The van der Waals surface area contributed by atoms with Gasteiger partial charge in [0.05, 0.1) is 0 Å². The third-order valence-electron chi connectivity index (χ3n) is 2.88. The minimum atomic E-state index is -0.0985. The average molecular weight is 239 g/mol. The standard InChI is InChI=1S/C15H18BNO/c1-3-18-16(15-12-8-7-9-13(15)2)17-14-10-5-4-6-11-14/h4-12,17H,3H2,1-2H3. The molecule has 0 fully saturated rings. The van der Waals surface area contributed by atoms with Crippen molar-refractivity contribution in [2.24, 2.45) is 0 Å². The van der Waals surface area contributed by atoms with E-state index in [2.05, 4.69) is 24.3 Å². The third-order valence-corrected chi connectivity index (χ3v) is 2.88. The number of rotatable bonds is 5. The molecule has 92 valence electrons. The Kier molecular flexibility index (Phi) is 4.43. The summed E-state index contributed by atoms with van der Waals surface area (Å²) >= 11 is 0. The van der Waals surface area contributed by atoms with Gasteiger partial charge in [-0.25, -0.2) is 0 Å². The Balaban J connectivity index is 2.21. The Morgan fingerprint density at radius 3 is 2.33 bits per heavy atom. The van der Waals surface area contributed by atoms with E-state index in [9.17, 15) is 0 Å². The van der Waals surface area contributed by atoms with Crippen molar-refractivity contribution in [2.75, 3.05) is 11.8 Å². The molecule has 0 saturated heterocycles. The molecule has 0 aliphatic carbocycles.